The Hall–Kier alpha value is -1.01. The number of halogens is 1. The number of hydrogen-bond acceptors (Lipinski definition) is 2. The fourth-order valence-corrected chi connectivity index (χ4v) is 3.11. The van der Waals surface area contributed by atoms with E-state index < -0.39 is 0 Å². The Balaban J connectivity index is 2.39. The molecule has 1 unspecified atom stereocenters. The fourth-order valence-electron chi connectivity index (χ4n) is 2.61. The minimum atomic E-state index is -0.100. The van der Waals surface area contributed by atoms with Crippen molar-refractivity contribution in [1.82, 2.24) is 0 Å². The molecule has 90 valence electrons. The molecule has 0 aromatic heterocycles. The zero-order valence-electron chi connectivity index (χ0n) is 10.3. The van der Waals surface area contributed by atoms with Gasteiger partial charge in [0.1, 0.15) is 0 Å². The first-order chi connectivity index (χ1) is 8.07. The molecule has 1 aromatic rings. The molecule has 2 rings (SSSR count). The Morgan fingerprint density at radius 2 is 2.12 bits per heavy atom. The zero-order valence-corrected chi connectivity index (χ0v) is 11.9. The molecule has 1 aliphatic rings. The summed E-state index contributed by atoms with van der Waals surface area (Å²) >= 11 is 3.60. The van der Waals surface area contributed by atoms with Gasteiger partial charge in [-0.25, -0.2) is 0 Å². The predicted molar refractivity (Wildman–Crippen MR) is 73.9 cm³/mol. The first kappa shape index (κ1) is 12.4. The Bertz CT molecular complexity index is 448. The van der Waals surface area contributed by atoms with Gasteiger partial charge in [-0.05, 0) is 54.8 Å². The third-order valence-corrected chi connectivity index (χ3v) is 4.39. The van der Waals surface area contributed by atoms with Crippen molar-refractivity contribution in [2.45, 2.75) is 32.2 Å². The van der Waals surface area contributed by atoms with Crippen molar-refractivity contribution < 1.29 is 0 Å². The summed E-state index contributed by atoms with van der Waals surface area (Å²) in [6, 6.07) is 10.7. The maximum atomic E-state index is 9.27. The van der Waals surface area contributed by atoms with E-state index in [2.05, 4.69) is 52.9 Å². The molecule has 0 radical (unpaired) electrons. The number of nitriles is 1. The van der Waals surface area contributed by atoms with Crippen molar-refractivity contribution in [1.29, 1.82) is 5.26 Å². The lowest BCUT2D eigenvalue weighted by atomic mass is 9.79. The van der Waals surface area contributed by atoms with Gasteiger partial charge in [0.2, 0.25) is 0 Å². The van der Waals surface area contributed by atoms with Crippen molar-refractivity contribution in [3.63, 3.8) is 0 Å². The molecule has 1 fully saturated rings. The summed E-state index contributed by atoms with van der Waals surface area (Å²) in [7, 11) is 0. The van der Waals surface area contributed by atoms with Gasteiger partial charge in [0.05, 0.1) is 23.2 Å². The monoisotopic (exact) mass is 292 g/mol. The van der Waals surface area contributed by atoms with E-state index in [-0.39, 0.29) is 11.5 Å². The second-order valence-electron chi connectivity index (χ2n) is 5.08. The van der Waals surface area contributed by atoms with Crippen molar-refractivity contribution in [3.05, 3.63) is 28.7 Å². The second kappa shape index (κ2) is 4.70. The van der Waals surface area contributed by atoms with E-state index >= 15 is 0 Å². The molecule has 0 saturated carbocycles. The maximum absolute atomic E-state index is 9.27. The molecule has 17 heavy (non-hydrogen) atoms. The van der Waals surface area contributed by atoms with E-state index in [0.29, 0.717) is 0 Å². The van der Waals surface area contributed by atoms with E-state index in [1.807, 2.05) is 12.1 Å². The first-order valence-corrected chi connectivity index (χ1v) is 6.78. The van der Waals surface area contributed by atoms with Crippen LogP contribution in [0.4, 0.5) is 5.69 Å². The maximum Gasteiger partial charge on any atom is 0.0690 e. The average molecular weight is 293 g/mol. The summed E-state index contributed by atoms with van der Waals surface area (Å²) in [6.45, 7) is 5.35. The molecular weight excluding hydrogens is 276 g/mol. The molecule has 2 nitrogen and oxygen atoms in total. The highest BCUT2D eigenvalue weighted by Gasteiger charge is 2.39. The lowest BCUT2D eigenvalue weighted by Crippen LogP contribution is -2.53. The fraction of sp³-hybridized carbons (Fsp3) is 0.500. The molecule has 1 aromatic carbocycles. The molecule has 1 aliphatic heterocycles. The van der Waals surface area contributed by atoms with Gasteiger partial charge in [0, 0.05) is 11.0 Å². The van der Waals surface area contributed by atoms with Gasteiger partial charge >= 0.3 is 0 Å². The number of rotatable bonds is 1. The van der Waals surface area contributed by atoms with Gasteiger partial charge in [-0.2, -0.15) is 5.26 Å². The van der Waals surface area contributed by atoms with Crippen LogP contribution in [0.15, 0.2) is 28.7 Å². The van der Waals surface area contributed by atoms with Gasteiger partial charge in [-0.1, -0.05) is 12.1 Å². The summed E-state index contributed by atoms with van der Waals surface area (Å²) in [5.74, 6) is 0.100. The van der Waals surface area contributed by atoms with Gasteiger partial charge in [-0.15, -0.1) is 0 Å². The lowest BCUT2D eigenvalue weighted by molar-refractivity contribution is 0.292. The molecule has 1 heterocycles. The molecule has 1 saturated heterocycles. The number of piperidine rings is 1. The molecule has 3 heteroatoms. The molecule has 0 bridgehead atoms. The molecule has 0 N–H and O–H groups in total. The van der Waals surface area contributed by atoms with Gasteiger partial charge in [0.15, 0.2) is 0 Å². The van der Waals surface area contributed by atoms with Gasteiger partial charge in [-0.3, -0.25) is 0 Å². The Morgan fingerprint density at radius 1 is 1.41 bits per heavy atom. The quantitative estimate of drug-likeness (QED) is 0.783. The van der Waals surface area contributed by atoms with Crippen LogP contribution < -0.4 is 4.90 Å². The molecule has 1 atom stereocenters. The molecular formula is C14H17BrN2. The van der Waals surface area contributed by atoms with Crippen LogP contribution in [0.5, 0.6) is 0 Å². The highest BCUT2D eigenvalue weighted by atomic mass is 79.9. The minimum absolute atomic E-state index is 0.100. The number of benzene rings is 1. The van der Waals surface area contributed by atoms with Crippen LogP contribution in [-0.4, -0.2) is 12.1 Å². The predicted octanol–water partition coefficient (Wildman–Crippen LogP) is 3.97. The Morgan fingerprint density at radius 3 is 2.76 bits per heavy atom. The normalized spacial score (nSPS) is 23.2. The van der Waals surface area contributed by atoms with E-state index in [1.165, 1.54) is 5.69 Å². The largest absolute Gasteiger partial charge is 0.364 e. The summed E-state index contributed by atoms with van der Waals surface area (Å²) in [6.07, 6.45) is 2.09. The van der Waals surface area contributed by atoms with Gasteiger partial charge < -0.3 is 4.90 Å². The van der Waals surface area contributed by atoms with Crippen LogP contribution in [0.25, 0.3) is 0 Å². The smallest absolute Gasteiger partial charge is 0.0690 e. The van der Waals surface area contributed by atoms with Crippen molar-refractivity contribution in [2.75, 3.05) is 11.4 Å². The molecule has 0 amide bonds. The van der Waals surface area contributed by atoms with Crippen molar-refractivity contribution in [3.8, 4) is 6.07 Å². The van der Waals surface area contributed by atoms with Gasteiger partial charge in [0.25, 0.3) is 0 Å². The first-order valence-electron chi connectivity index (χ1n) is 5.99. The van der Waals surface area contributed by atoms with E-state index in [1.54, 1.807) is 0 Å². The Labute approximate surface area is 111 Å². The summed E-state index contributed by atoms with van der Waals surface area (Å²) < 4.78 is 1.10. The molecule has 0 spiro atoms. The van der Waals surface area contributed by atoms with Crippen LogP contribution in [0.1, 0.15) is 26.7 Å². The standard InChI is InChI=1S/C14H17BrN2/c1-14(2)11(10-16)6-5-9-17(14)13-8-4-3-7-12(13)15/h3-4,7-8,11H,5-6,9H2,1-2H3. The van der Waals surface area contributed by atoms with E-state index in [0.717, 1.165) is 23.9 Å². The zero-order chi connectivity index (χ0) is 12.5. The van der Waals surface area contributed by atoms with Crippen molar-refractivity contribution in [2.24, 2.45) is 5.92 Å². The van der Waals surface area contributed by atoms with Crippen LogP contribution in [0.2, 0.25) is 0 Å². The highest BCUT2D eigenvalue weighted by Crippen LogP contribution is 2.39. The Kier molecular flexibility index (Phi) is 3.44. The molecule has 0 aliphatic carbocycles. The van der Waals surface area contributed by atoms with Crippen LogP contribution >= 0.6 is 15.9 Å². The van der Waals surface area contributed by atoms with Crippen LogP contribution in [-0.2, 0) is 0 Å². The average Bonchev–Trinajstić information content (AvgIpc) is 2.30. The number of hydrogen-bond donors (Lipinski definition) is 0. The highest BCUT2D eigenvalue weighted by molar-refractivity contribution is 9.10. The summed E-state index contributed by atoms with van der Waals surface area (Å²) in [4.78, 5) is 2.36. The summed E-state index contributed by atoms with van der Waals surface area (Å²) in [5, 5.41) is 9.27. The van der Waals surface area contributed by atoms with Crippen molar-refractivity contribution >= 4 is 21.6 Å². The van der Waals surface area contributed by atoms with Crippen LogP contribution in [0.3, 0.4) is 0 Å². The van der Waals surface area contributed by atoms with Crippen LogP contribution in [0, 0.1) is 17.2 Å². The topological polar surface area (TPSA) is 27.0 Å². The van der Waals surface area contributed by atoms with E-state index in [4.69, 9.17) is 0 Å². The third kappa shape index (κ3) is 2.19. The second-order valence-corrected chi connectivity index (χ2v) is 5.93. The van der Waals surface area contributed by atoms with E-state index in [9.17, 15) is 5.26 Å². The number of anilines is 1. The number of nitrogens with zero attached hydrogens (tertiary/aromatic N) is 2. The SMILES string of the molecule is CC1(C)C(C#N)CCCN1c1ccccc1Br. The number of para-hydroxylation sites is 1. The minimum Gasteiger partial charge on any atom is -0.364 e. The third-order valence-electron chi connectivity index (χ3n) is 3.72. The summed E-state index contributed by atoms with van der Waals surface area (Å²) in [5.41, 5.74) is 1.09. The lowest BCUT2D eigenvalue weighted by Gasteiger charge is -2.47.